The number of pyridine rings is 1. The normalized spacial score (nSPS) is 10.7. The number of amides is 1. The molecule has 0 aliphatic rings. The number of hydrogen-bond acceptors (Lipinski definition) is 4. The quantitative estimate of drug-likeness (QED) is 0.561. The van der Waals surface area contributed by atoms with Crippen LogP contribution in [0.3, 0.4) is 0 Å². The van der Waals surface area contributed by atoms with E-state index in [2.05, 4.69) is 10.3 Å². The largest absolute Gasteiger partial charge is 0.399 e. The number of hydrogen-bond donors (Lipinski definition) is 2. The number of nitrogens with two attached hydrogens (primary N) is 1. The van der Waals surface area contributed by atoms with E-state index in [1.807, 2.05) is 12.1 Å². The monoisotopic (exact) mass is 287 g/mol. The molecule has 0 saturated heterocycles. The molecule has 0 unspecified atom stereocenters. The second kappa shape index (κ2) is 4.90. The van der Waals surface area contributed by atoms with Crippen molar-refractivity contribution >= 4 is 38.7 Å². The van der Waals surface area contributed by atoms with E-state index in [-0.39, 0.29) is 5.91 Å². The third kappa shape index (κ3) is 2.46. The van der Waals surface area contributed by atoms with E-state index in [0.29, 0.717) is 16.3 Å². The van der Waals surface area contributed by atoms with Crippen LogP contribution in [0.15, 0.2) is 42.6 Å². The van der Waals surface area contributed by atoms with Crippen molar-refractivity contribution in [2.45, 2.75) is 0 Å². The van der Waals surface area contributed by atoms with Gasteiger partial charge in [-0.25, -0.2) is 4.98 Å². The van der Waals surface area contributed by atoms with Gasteiger partial charge in [0.25, 0.3) is 5.91 Å². The summed E-state index contributed by atoms with van der Waals surface area (Å²) in [6.45, 7) is 0. The van der Waals surface area contributed by atoms with Gasteiger partial charge in [-0.1, -0.05) is 0 Å². The van der Waals surface area contributed by atoms with Crippen LogP contribution in [-0.2, 0) is 0 Å². The summed E-state index contributed by atoms with van der Waals surface area (Å²) in [6.07, 6.45) is 1.28. The highest BCUT2D eigenvalue weighted by Gasteiger charge is 2.11. The van der Waals surface area contributed by atoms with Gasteiger partial charge >= 0.3 is 0 Å². The first-order chi connectivity index (χ1) is 9.61. The molecule has 4 nitrogen and oxygen atoms in total. The first-order valence-corrected chi connectivity index (χ1v) is 6.65. The topological polar surface area (TPSA) is 68.0 Å². The van der Waals surface area contributed by atoms with Crippen molar-refractivity contribution in [2.24, 2.45) is 0 Å². The predicted molar refractivity (Wildman–Crippen MR) is 78.4 cm³/mol. The molecule has 6 heteroatoms. The number of aromatic nitrogens is 1. The molecule has 0 fully saturated rings. The highest BCUT2D eigenvalue weighted by molar-refractivity contribution is 7.20. The molecule has 0 radical (unpaired) electrons. The molecule has 1 amide bonds. The fourth-order valence-corrected chi connectivity index (χ4v) is 2.75. The maximum absolute atomic E-state index is 12.7. The number of thiophene rings is 1. The van der Waals surface area contributed by atoms with Crippen molar-refractivity contribution < 1.29 is 9.18 Å². The van der Waals surface area contributed by atoms with E-state index < -0.39 is 5.95 Å². The summed E-state index contributed by atoms with van der Waals surface area (Å²) in [5, 5.41) is 3.60. The number of halogens is 1. The van der Waals surface area contributed by atoms with E-state index in [1.54, 1.807) is 12.1 Å². The van der Waals surface area contributed by atoms with Gasteiger partial charge in [0.2, 0.25) is 5.95 Å². The number of nitrogens with zero attached hydrogens (tertiary/aromatic N) is 1. The van der Waals surface area contributed by atoms with Gasteiger partial charge in [0.05, 0.1) is 16.8 Å². The molecule has 0 atom stereocenters. The van der Waals surface area contributed by atoms with Crippen molar-refractivity contribution in [2.75, 3.05) is 11.1 Å². The van der Waals surface area contributed by atoms with Crippen molar-refractivity contribution in [3.8, 4) is 0 Å². The summed E-state index contributed by atoms with van der Waals surface area (Å²) in [5.41, 5.74) is 6.82. The Hall–Kier alpha value is -2.47. The highest BCUT2D eigenvalue weighted by Crippen LogP contribution is 2.27. The van der Waals surface area contributed by atoms with Crippen LogP contribution in [0.5, 0.6) is 0 Å². The second-order valence-corrected chi connectivity index (χ2v) is 5.32. The lowest BCUT2D eigenvalue weighted by Gasteiger charge is -2.01. The average molecular weight is 287 g/mol. The standard InChI is InChI=1S/C14H10FN3OS/c15-13-4-2-10(7-17-13)18-14(19)12-6-8-5-9(16)1-3-11(8)20-12/h1-7H,16H2,(H,18,19). The molecule has 0 spiro atoms. The van der Waals surface area contributed by atoms with Crippen LogP contribution in [0.1, 0.15) is 9.67 Å². The first kappa shape index (κ1) is 12.6. The molecule has 3 rings (SSSR count). The Kier molecular flexibility index (Phi) is 3.08. The highest BCUT2D eigenvalue weighted by atomic mass is 32.1. The average Bonchev–Trinajstić information content (AvgIpc) is 2.84. The number of carbonyl (C=O) groups is 1. The van der Waals surface area contributed by atoms with Crippen LogP contribution >= 0.6 is 11.3 Å². The molecule has 2 heterocycles. The Morgan fingerprint density at radius 1 is 1.25 bits per heavy atom. The van der Waals surface area contributed by atoms with Crippen molar-refractivity contribution in [3.63, 3.8) is 0 Å². The number of fused-ring (bicyclic) bond motifs is 1. The fraction of sp³-hybridized carbons (Fsp3) is 0. The van der Waals surface area contributed by atoms with Crippen LogP contribution in [0, 0.1) is 5.95 Å². The summed E-state index contributed by atoms with van der Waals surface area (Å²) in [7, 11) is 0. The maximum Gasteiger partial charge on any atom is 0.265 e. The van der Waals surface area contributed by atoms with E-state index in [9.17, 15) is 9.18 Å². The Bertz CT molecular complexity index is 783. The van der Waals surface area contributed by atoms with Gasteiger partial charge in [-0.05, 0) is 41.8 Å². The number of nitrogen functional groups attached to an aromatic ring is 1. The second-order valence-electron chi connectivity index (χ2n) is 4.23. The SMILES string of the molecule is Nc1ccc2sc(C(=O)Nc3ccc(F)nc3)cc2c1. The van der Waals surface area contributed by atoms with Gasteiger partial charge in [0, 0.05) is 10.4 Å². The molecule has 3 aromatic rings. The Balaban J connectivity index is 1.86. The van der Waals surface area contributed by atoms with Crippen LogP contribution in [0.2, 0.25) is 0 Å². The van der Waals surface area contributed by atoms with Crippen LogP contribution in [-0.4, -0.2) is 10.9 Å². The maximum atomic E-state index is 12.7. The van der Waals surface area contributed by atoms with Crippen molar-refractivity contribution in [3.05, 3.63) is 53.4 Å². The van der Waals surface area contributed by atoms with Crippen LogP contribution in [0.25, 0.3) is 10.1 Å². The summed E-state index contributed by atoms with van der Waals surface area (Å²) in [6, 6.07) is 9.94. The zero-order valence-corrected chi connectivity index (χ0v) is 11.1. The zero-order chi connectivity index (χ0) is 14.1. The van der Waals surface area contributed by atoms with E-state index in [0.717, 1.165) is 10.1 Å². The van der Waals surface area contributed by atoms with Crippen molar-refractivity contribution in [1.82, 2.24) is 4.98 Å². The number of rotatable bonds is 2. The van der Waals surface area contributed by atoms with Gasteiger partial charge in [-0.15, -0.1) is 11.3 Å². The van der Waals surface area contributed by atoms with E-state index in [1.165, 1.54) is 29.7 Å². The Morgan fingerprint density at radius 2 is 2.10 bits per heavy atom. The third-order valence-electron chi connectivity index (χ3n) is 2.75. The molecule has 0 aliphatic heterocycles. The molecular formula is C14H10FN3OS. The fourth-order valence-electron chi connectivity index (χ4n) is 1.82. The lowest BCUT2D eigenvalue weighted by Crippen LogP contribution is -2.10. The van der Waals surface area contributed by atoms with Gasteiger partial charge in [-0.2, -0.15) is 4.39 Å². The zero-order valence-electron chi connectivity index (χ0n) is 10.3. The number of anilines is 2. The lowest BCUT2D eigenvalue weighted by molar-refractivity contribution is 0.103. The molecule has 0 bridgehead atoms. The molecule has 2 aromatic heterocycles. The third-order valence-corrected chi connectivity index (χ3v) is 3.86. The molecule has 1 aromatic carbocycles. The van der Waals surface area contributed by atoms with Gasteiger partial charge in [0.15, 0.2) is 0 Å². The molecule has 0 aliphatic carbocycles. The smallest absolute Gasteiger partial charge is 0.265 e. The Labute approximate surface area is 118 Å². The summed E-state index contributed by atoms with van der Waals surface area (Å²) < 4.78 is 13.7. The number of nitrogens with one attached hydrogen (secondary N) is 1. The molecule has 0 saturated carbocycles. The van der Waals surface area contributed by atoms with E-state index in [4.69, 9.17) is 5.73 Å². The van der Waals surface area contributed by atoms with Crippen LogP contribution in [0.4, 0.5) is 15.8 Å². The number of carbonyl (C=O) groups excluding carboxylic acids is 1. The minimum absolute atomic E-state index is 0.252. The molecule has 20 heavy (non-hydrogen) atoms. The number of benzene rings is 1. The van der Waals surface area contributed by atoms with E-state index >= 15 is 0 Å². The van der Waals surface area contributed by atoms with Gasteiger partial charge < -0.3 is 11.1 Å². The van der Waals surface area contributed by atoms with Gasteiger partial charge in [0.1, 0.15) is 0 Å². The predicted octanol–water partition coefficient (Wildman–Crippen LogP) is 3.27. The first-order valence-electron chi connectivity index (χ1n) is 5.84. The minimum atomic E-state index is -0.583. The molecule has 100 valence electrons. The molecular weight excluding hydrogens is 277 g/mol. The summed E-state index contributed by atoms with van der Waals surface area (Å²) in [5.74, 6) is -0.835. The summed E-state index contributed by atoms with van der Waals surface area (Å²) >= 11 is 1.37. The van der Waals surface area contributed by atoms with Crippen molar-refractivity contribution in [1.29, 1.82) is 0 Å². The van der Waals surface area contributed by atoms with Gasteiger partial charge in [-0.3, -0.25) is 4.79 Å². The minimum Gasteiger partial charge on any atom is -0.399 e. The molecule has 3 N–H and O–H groups in total. The Morgan fingerprint density at radius 3 is 2.85 bits per heavy atom. The lowest BCUT2D eigenvalue weighted by atomic mass is 10.2. The van der Waals surface area contributed by atoms with Crippen LogP contribution < -0.4 is 11.1 Å². The summed E-state index contributed by atoms with van der Waals surface area (Å²) in [4.78, 5) is 16.2.